The van der Waals surface area contributed by atoms with Gasteiger partial charge in [0.1, 0.15) is 4.90 Å². The van der Waals surface area contributed by atoms with Gasteiger partial charge in [-0.15, -0.1) is 0 Å². The number of hydrogen-bond donors (Lipinski definition) is 1. The van der Waals surface area contributed by atoms with E-state index in [1.807, 2.05) is 6.07 Å². The van der Waals surface area contributed by atoms with E-state index >= 15 is 0 Å². The summed E-state index contributed by atoms with van der Waals surface area (Å²) >= 11 is 0. The van der Waals surface area contributed by atoms with Crippen LogP contribution in [-0.2, 0) is 10.0 Å². The maximum absolute atomic E-state index is 12.3. The molecule has 2 N–H and O–H groups in total. The Kier molecular flexibility index (Phi) is 4.49. The highest BCUT2D eigenvalue weighted by Gasteiger charge is 2.27. The first kappa shape index (κ1) is 16.1. The first-order chi connectivity index (χ1) is 9.73. The standard InChI is InChI=1S/C15H25N3O2S/c1-11-8-12(2)10-18(9-11)13-6-5-7-14(15(13)16)21(19,20)17(3)4/h5-7,11-12H,8-10,16H2,1-4H3. The van der Waals surface area contributed by atoms with E-state index in [1.54, 1.807) is 12.1 Å². The molecule has 0 spiro atoms. The number of anilines is 2. The van der Waals surface area contributed by atoms with Crippen LogP contribution in [0.15, 0.2) is 23.1 Å². The van der Waals surface area contributed by atoms with E-state index in [-0.39, 0.29) is 4.90 Å². The molecule has 1 saturated heterocycles. The number of hydrogen-bond acceptors (Lipinski definition) is 4. The van der Waals surface area contributed by atoms with Crippen LogP contribution in [0.2, 0.25) is 0 Å². The summed E-state index contributed by atoms with van der Waals surface area (Å²) in [6.07, 6.45) is 1.20. The molecule has 1 fully saturated rings. The molecule has 6 heteroatoms. The lowest BCUT2D eigenvalue weighted by atomic mass is 9.91. The summed E-state index contributed by atoms with van der Waals surface area (Å²) in [5.74, 6) is 1.17. The molecule has 1 aromatic rings. The van der Waals surface area contributed by atoms with E-state index in [0.717, 1.165) is 18.8 Å². The molecule has 2 unspecified atom stereocenters. The molecular weight excluding hydrogens is 286 g/mol. The minimum absolute atomic E-state index is 0.191. The van der Waals surface area contributed by atoms with Crippen LogP contribution in [-0.4, -0.2) is 39.9 Å². The van der Waals surface area contributed by atoms with Crippen molar-refractivity contribution in [2.24, 2.45) is 11.8 Å². The van der Waals surface area contributed by atoms with E-state index in [4.69, 9.17) is 5.73 Å². The molecule has 0 bridgehead atoms. The van der Waals surface area contributed by atoms with Crippen molar-refractivity contribution in [3.05, 3.63) is 18.2 Å². The van der Waals surface area contributed by atoms with Gasteiger partial charge >= 0.3 is 0 Å². The molecule has 1 aromatic carbocycles. The summed E-state index contributed by atoms with van der Waals surface area (Å²) in [6, 6.07) is 5.26. The fourth-order valence-electron chi connectivity index (χ4n) is 3.09. The van der Waals surface area contributed by atoms with Gasteiger partial charge in [-0.25, -0.2) is 12.7 Å². The van der Waals surface area contributed by atoms with Gasteiger partial charge in [0, 0.05) is 27.2 Å². The number of nitrogen functional groups attached to an aromatic ring is 1. The highest BCUT2D eigenvalue weighted by atomic mass is 32.2. The van der Waals surface area contributed by atoms with E-state index in [0.29, 0.717) is 17.5 Å². The predicted molar refractivity (Wildman–Crippen MR) is 86.9 cm³/mol. The van der Waals surface area contributed by atoms with Crippen LogP contribution < -0.4 is 10.6 Å². The minimum Gasteiger partial charge on any atom is -0.396 e. The lowest BCUT2D eigenvalue weighted by Gasteiger charge is -2.37. The van der Waals surface area contributed by atoms with Crippen LogP contribution in [0.4, 0.5) is 11.4 Å². The summed E-state index contributed by atoms with van der Waals surface area (Å²) in [5.41, 5.74) is 7.37. The molecule has 2 atom stereocenters. The number of benzene rings is 1. The van der Waals surface area contributed by atoms with Crippen molar-refractivity contribution in [3.8, 4) is 0 Å². The van der Waals surface area contributed by atoms with Crippen molar-refractivity contribution in [2.75, 3.05) is 37.8 Å². The fourth-order valence-corrected chi connectivity index (χ4v) is 4.12. The zero-order valence-electron chi connectivity index (χ0n) is 13.2. The minimum atomic E-state index is -3.51. The molecule has 1 aliphatic rings. The second-order valence-corrected chi connectivity index (χ2v) is 8.45. The maximum Gasteiger partial charge on any atom is 0.244 e. The summed E-state index contributed by atoms with van der Waals surface area (Å²) < 4.78 is 25.9. The molecule has 5 nitrogen and oxygen atoms in total. The highest BCUT2D eigenvalue weighted by Crippen LogP contribution is 2.34. The number of rotatable bonds is 3. The predicted octanol–water partition coefficient (Wildman–Crippen LogP) is 2.00. The van der Waals surface area contributed by atoms with Crippen molar-refractivity contribution in [3.63, 3.8) is 0 Å². The molecule has 118 valence electrons. The Balaban J connectivity index is 2.43. The topological polar surface area (TPSA) is 66.6 Å². The Labute approximate surface area is 127 Å². The van der Waals surface area contributed by atoms with Gasteiger partial charge in [-0.05, 0) is 30.4 Å². The van der Waals surface area contributed by atoms with Crippen molar-refractivity contribution in [2.45, 2.75) is 25.2 Å². The normalized spacial score (nSPS) is 23.6. The second kappa shape index (κ2) is 5.85. The number of nitrogens with zero attached hydrogens (tertiary/aromatic N) is 2. The Morgan fingerprint density at radius 3 is 2.29 bits per heavy atom. The number of sulfonamides is 1. The lowest BCUT2D eigenvalue weighted by Crippen LogP contribution is -2.39. The first-order valence-electron chi connectivity index (χ1n) is 7.29. The Morgan fingerprint density at radius 2 is 1.76 bits per heavy atom. The van der Waals surface area contributed by atoms with Crippen LogP contribution in [0, 0.1) is 11.8 Å². The average molecular weight is 311 g/mol. The van der Waals surface area contributed by atoms with Crippen molar-refractivity contribution >= 4 is 21.4 Å². The summed E-state index contributed by atoms with van der Waals surface area (Å²) in [6.45, 7) is 6.28. The molecule has 2 rings (SSSR count). The third-order valence-corrected chi connectivity index (χ3v) is 5.88. The van der Waals surface area contributed by atoms with Crippen LogP contribution in [0.5, 0.6) is 0 Å². The smallest absolute Gasteiger partial charge is 0.244 e. The quantitative estimate of drug-likeness (QED) is 0.867. The molecule has 0 aromatic heterocycles. The molecule has 0 aliphatic carbocycles. The van der Waals surface area contributed by atoms with Crippen LogP contribution in [0.1, 0.15) is 20.3 Å². The van der Waals surface area contributed by atoms with E-state index in [9.17, 15) is 8.42 Å². The van der Waals surface area contributed by atoms with Crippen LogP contribution >= 0.6 is 0 Å². The van der Waals surface area contributed by atoms with E-state index in [1.165, 1.54) is 24.8 Å². The van der Waals surface area contributed by atoms with Gasteiger partial charge in [0.05, 0.1) is 11.4 Å². The fraction of sp³-hybridized carbons (Fsp3) is 0.600. The summed E-state index contributed by atoms with van der Waals surface area (Å²) in [7, 11) is -0.473. The largest absolute Gasteiger partial charge is 0.396 e. The number of piperidine rings is 1. The SMILES string of the molecule is CC1CC(C)CN(c2cccc(S(=O)(=O)N(C)C)c2N)C1. The van der Waals surface area contributed by atoms with Gasteiger partial charge in [-0.1, -0.05) is 19.9 Å². The molecule has 0 amide bonds. The summed E-state index contributed by atoms with van der Waals surface area (Å²) in [5, 5.41) is 0. The highest BCUT2D eigenvalue weighted by molar-refractivity contribution is 7.89. The third-order valence-electron chi connectivity index (χ3n) is 4.01. The number of para-hydroxylation sites is 1. The van der Waals surface area contributed by atoms with Gasteiger partial charge in [0.25, 0.3) is 0 Å². The van der Waals surface area contributed by atoms with Crippen LogP contribution in [0.25, 0.3) is 0 Å². The number of nitrogens with two attached hydrogens (primary N) is 1. The Morgan fingerprint density at radius 1 is 1.19 bits per heavy atom. The Bertz CT molecular complexity index is 603. The van der Waals surface area contributed by atoms with Gasteiger partial charge in [0.15, 0.2) is 0 Å². The zero-order valence-corrected chi connectivity index (χ0v) is 14.0. The second-order valence-electron chi connectivity index (χ2n) is 6.33. The molecule has 1 aliphatic heterocycles. The van der Waals surface area contributed by atoms with Gasteiger partial charge in [-0.2, -0.15) is 0 Å². The van der Waals surface area contributed by atoms with Crippen molar-refractivity contribution in [1.29, 1.82) is 0 Å². The van der Waals surface area contributed by atoms with Crippen molar-refractivity contribution in [1.82, 2.24) is 4.31 Å². The lowest BCUT2D eigenvalue weighted by molar-refractivity contribution is 0.357. The third kappa shape index (κ3) is 3.16. The van der Waals surface area contributed by atoms with E-state index in [2.05, 4.69) is 18.7 Å². The maximum atomic E-state index is 12.3. The van der Waals surface area contributed by atoms with E-state index < -0.39 is 10.0 Å². The molecule has 0 radical (unpaired) electrons. The zero-order chi connectivity index (χ0) is 15.8. The first-order valence-corrected chi connectivity index (χ1v) is 8.73. The molecule has 0 saturated carbocycles. The molecular formula is C15H25N3O2S. The van der Waals surface area contributed by atoms with Gasteiger partial charge in [-0.3, -0.25) is 0 Å². The van der Waals surface area contributed by atoms with Crippen LogP contribution in [0.3, 0.4) is 0 Å². The molecule has 21 heavy (non-hydrogen) atoms. The summed E-state index contributed by atoms with van der Waals surface area (Å²) in [4.78, 5) is 2.40. The monoisotopic (exact) mass is 311 g/mol. The molecule has 1 heterocycles. The van der Waals surface area contributed by atoms with Gasteiger partial charge < -0.3 is 10.6 Å². The Hall–Kier alpha value is -1.27. The van der Waals surface area contributed by atoms with Gasteiger partial charge in [0.2, 0.25) is 10.0 Å². The van der Waals surface area contributed by atoms with Crippen molar-refractivity contribution < 1.29 is 8.42 Å². The average Bonchev–Trinajstić information content (AvgIpc) is 2.37.